The van der Waals surface area contributed by atoms with E-state index in [0.29, 0.717) is 13.4 Å². The molecule has 0 unspecified atom stereocenters. The number of nitrogens with zero attached hydrogens (tertiary/aromatic N) is 1. The largest absolute Gasteiger partial charge is 0.465 e. The van der Waals surface area contributed by atoms with E-state index >= 15 is 0 Å². The maximum absolute atomic E-state index is 5.69. The lowest BCUT2D eigenvalue weighted by Crippen LogP contribution is -2.28. The Morgan fingerprint density at radius 1 is 1.22 bits per heavy atom. The van der Waals surface area contributed by atoms with Gasteiger partial charge in [-0.25, -0.2) is 0 Å². The summed E-state index contributed by atoms with van der Waals surface area (Å²) < 4.78 is 10.9. The Hall–Kier alpha value is -1.26. The van der Waals surface area contributed by atoms with E-state index in [4.69, 9.17) is 9.47 Å². The normalized spacial score (nSPS) is 16.4. The number of benzene rings is 1. The van der Waals surface area contributed by atoms with E-state index < -0.39 is 0 Å². The van der Waals surface area contributed by atoms with E-state index in [1.165, 1.54) is 12.1 Å². The monoisotopic (exact) mass is 250 g/mol. The zero-order chi connectivity index (χ0) is 12.6. The van der Waals surface area contributed by atoms with Gasteiger partial charge in [0.15, 0.2) is 6.79 Å². The van der Waals surface area contributed by atoms with Crippen LogP contribution >= 0.6 is 0 Å². The first kappa shape index (κ1) is 13.2. The Labute approximate surface area is 109 Å². The Morgan fingerprint density at radius 2 is 2.11 bits per heavy atom. The molecule has 100 valence electrons. The molecule has 0 saturated carbocycles. The zero-order valence-electron chi connectivity index (χ0n) is 11.0. The fraction of sp³-hybridized carbons (Fsp3) is 0.571. The predicted molar refractivity (Wildman–Crippen MR) is 73.3 cm³/mol. The number of nitrogens with one attached hydrogen (secondary N) is 1. The second-order valence-corrected chi connectivity index (χ2v) is 4.31. The van der Waals surface area contributed by atoms with Crippen LogP contribution in [0.3, 0.4) is 0 Å². The average Bonchev–Trinajstić information content (AvgIpc) is 2.68. The summed E-state index contributed by atoms with van der Waals surface area (Å²) in [7, 11) is 0. The highest BCUT2D eigenvalue weighted by atomic mass is 16.7. The minimum atomic E-state index is 0.319. The number of hydrogen-bond donors (Lipinski definition) is 1. The van der Waals surface area contributed by atoms with Crippen molar-refractivity contribution in [1.82, 2.24) is 5.32 Å². The van der Waals surface area contributed by atoms with Gasteiger partial charge in [-0.1, -0.05) is 12.1 Å². The van der Waals surface area contributed by atoms with Gasteiger partial charge < -0.3 is 19.7 Å². The molecule has 1 heterocycles. The van der Waals surface area contributed by atoms with Crippen LogP contribution in [-0.4, -0.2) is 39.6 Å². The van der Waals surface area contributed by atoms with E-state index in [9.17, 15) is 0 Å². The van der Waals surface area contributed by atoms with Gasteiger partial charge in [-0.15, -0.1) is 0 Å². The van der Waals surface area contributed by atoms with Crippen molar-refractivity contribution in [3.63, 3.8) is 0 Å². The molecule has 0 aliphatic carbocycles. The molecule has 4 nitrogen and oxygen atoms in total. The van der Waals surface area contributed by atoms with Gasteiger partial charge >= 0.3 is 0 Å². The molecule has 0 radical (unpaired) electrons. The van der Waals surface area contributed by atoms with E-state index in [2.05, 4.69) is 22.3 Å². The highest BCUT2D eigenvalue weighted by Gasteiger charge is 2.13. The van der Waals surface area contributed by atoms with Gasteiger partial charge in [-0.05, 0) is 32.0 Å². The quantitative estimate of drug-likeness (QED) is 0.639. The topological polar surface area (TPSA) is 33.7 Å². The maximum Gasteiger partial charge on any atom is 0.189 e. The second-order valence-electron chi connectivity index (χ2n) is 4.31. The maximum atomic E-state index is 5.69. The first-order chi connectivity index (χ1) is 8.92. The van der Waals surface area contributed by atoms with E-state index in [0.717, 1.165) is 31.9 Å². The van der Waals surface area contributed by atoms with Crippen molar-refractivity contribution in [2.45, 2.75) is 13.3 Å². The molecule has 4 heteroatoms. The molecule has 1 aliphatic heterocycles. The molecule has 1 aromatic carbocycles. The predicted octanol–water partition coefficient (Wildman–Crippen LogP) is 1.86. The van der Waals surface area contributed by atoms with Crippen LogP contribution in [-0.2, 0) is 4.74 Å². The first-order valence-electron chi connectivity index (χ1n) is 6.67. The second kappa shape index (κ2) is 7.24. The minimum Gasteiger partial charge on any atom is -0.465 e. The Kier molecular flexibility index (Phi) is 5.30. The van der Waals surface area contributed by atoms with Crippen molar-refractivity contribution in [2.75, 3.05) is 44.5 Å². The number of ether oxygens (including phenoxy) is 2. The third-order valence-electron chi connectivity index (χ3n) is 3.05. The molecule has 1 saturated heterocycles. The number of anilines is 1. The van der Waals surface area contributed by atoms with Crippen LogP contribution in [0.5, 0.6) is 5.75 Å². The molecule has 0 atom stereocenters. The number of hydrogen-bond acceptors (Lipinski definition) is 4. The number of para-hydroxylation sites is 2. The lowest BCUT2D eigenvalue weighted by molar-refractivity contribution is 0.0227. The Balaban J connectivity index is 2.05. The van der Waals surface area contributed by atoms with Crippen LogP contribution in [0.25, 0.3) is 0 Å². The number of rotatable bonds is 5. The van der Waals surface area contributed by atoms with Crippen LogP contribution in [0.1, 0.15) is 13.3 Å². The smallest absolute Gasteiger partial charge is 0.189 e. The third-order valence-corrected chi connectivity index (χ3v) is 3.05. The lowest BCUT2D eigenvalue weighted by atomic mass is 10.2. The molecule has 0 aromatic heterocycles. The Bertz CT molecular complexity index is 349. The summed E-state index contributed by atoms with van der Waals surface area (Å²) in [5.41, 5.74) is 1.17. The van der Waals surface area contributed by atoms with Crippen molar-refractivity contribution in [3.05, 3.63) is 24.3 Å². The fourth-order valence-corrected chi connectivity index (χ4v) is 2.12. The summed E-state index contributed by atoms with van der Waals surface area (Å²) in [6, 6.07) is 8.18. The van der Waals surface area contributed by atoms with Gasteiger partial charge in [0.2, 0.25) is 0 Å². The van der Waals surface area contributed by atoms with Crippen molar-refractivity contribution in [1.29, 1.82) is 0 Å². The standard InChI is InChI=1S/C14H22N2O2/c1-2-17-12-18-14-7-4-3-6-13(14)16-10-5-8-15-9-11-16/h3-4,6-7,15H,2,5,8-12H2,1H3. The summed E-state index contributed by atoms with van der Waals surface area (Å²) in [6.07, 6.45) is 1.17. The third kappa shape index (κ3) is 3.62. The summed E-state index contributed by atoms with van der Waals surface area (Å²) in [6.45, 7) is 7.18. The fourth-order valence-electron chi connectivity index (χ4n) is 2.12. The van der Waals surface area contributed by atoms with Crippen molar-refractivity contribution < 1.29 is 9.47 Å². The first-order valence-corrected chi connectivity index (χ1v) is 6.67. The van der Waals surface area contributed by atoms with Crippen LogP contribution in [0.4, 0.5) is 5.69 Å². The molecule has 1 N–H and O–H groups in total. The van der Waals surface area contributed by atoms with Crippen molar-refractivity contribution in [2.24, 2.45) is 0 Å². The molecule has 1 fully saturated rings. The van der Waals surface area contributed by atoms with E-state index in [1.807, 2.05) is 19.1 Å². The van der Waals surface area contributed by atoms with E-state index in [1.54, 1.807) is 0 Å². The summed E-state index contributed by atoms with van der Waals surface area (Å²) in [5, 5.41) is 3.41. The van der Waals surface area contributed by atoms with Gasteiger partial charge in [0.25, 0.3) is 0 Å². The van der Waals surface area contributed by atoms with E-state index in [-0.39, 0.29) is 0 Å². The van der Waals surface area contributed by atoms with Crippen LogP contribution in [0.15, 0.2) is 24.3 Å². The molecule has 0 amide bonds. The average molecular weight is 250 g/mol. The molecule has 18 heavy (non-hydrogen) atoms. The molecule has 0 bridgehead atoms. The van der Waals surface area contributed by atoms with Crippen LogP contribution in [0.2, 0.25) is 0 Å². The van der Waals surface area contributed by atoms with Crippen LogP contribution < -0.4 is 15.0 Å². The lowest BCUT2D eigenvalue weighted by Gasteiger charge is -2.24. The van der Waals surface area contributed by atoms with Gasteiger partial charge in [0.1, 0.15) is 5.75 Å². The SMILES string of the molecule is CCOCOc1ccccc1N1CCCNCC1. The highest BCUT2D eigenvalue weighted by Crippen LogP contribution is 2.28. The summed E-state index contributed by atoms with van der Waals surface area (Å²) in [5.74, 6) is 0.910. The summed E-state index contributed by atoms with van der Waals surface area (Å²) >= 11 is 0. The molecular formula is C14H22N2O2. The minimum absolute atomic E-state index is 0.319. The van der Waals surface area contributed by atoms with Crippen molar-refractivity contribution >= 4 is 5.69 Å². The summed E-state index contributed by atoms with van der Waals surface area (Å²) in [4.78, 5) is 2.38. The van der Waals surface area contributed by atoms with Crippen molar-refractivity contribution in [3.8, 4) is 5.75 Å². The zero-order valence-corrected chi connectivity index (χ0v) is 11.0. The van der Waals surface area contributed by atoms with Gasteiger partial charge in [-0.3, -0.25) is 0 Å². The van der Waals surface area contributed by atoms with Gasteiger partial charge in [0.05, 0.1) is 5.69 Å². The molecule has 2 rings (SSSR count). The highest BCUT2D eigenvalue weighted by molar-refractivity contribution is 5.58. The molecule has 1 aliphatic rings. The molecular weight excluding hydrogens is 228 g/mol. The van der Waals surface area contributed by atoms with Gasteiger partial charge in [-0.2, -0.15) is 0 Å². The molecule has 1 aromatic rings. The van der Waals surface area contributed by atoms with Gasteiger partial charge in [0, 0.05) is 26.2 Å². The van der Waals surface area contributed by atoms with Crippen LogP contribution in [0, 0.1) is 0 Å². The molecule has 0 spiro atoms. The Morgan fingerprint density at radius 3 is 3.00 bits per heavy atom.